The Morgan fingerprint density at radius 2 is 2.00 bits per heavy atom. The lowest BCUT2D eigenvalue weighted by Gasteiger charge is -2.23. The first-order valence-corrected chi connectivity index (χ1v) is 7.56. The van der Waals surface area contributed by atoms with Gasteiger partial charge in [0.1, 0.15) is 11.6 Å². The van der Waals surface area contributed by atoms with E-state index in [1.807, 2.05) is 24.3 Å². The topological polar surface area (TPSA) is 94.1 Å². The number of carbonyl (C=O) groups is 2. The van der Waals surface area contributed by atoms with Gasteiger partial charge in [0.05, 0.1) is 5.52 Å². The zero-order valence-electron chi connectivity index (χ0n) is 13.0. The first-order chi connectivity index (χ1) is 11.6. The molecule has 0 aliphatic carbocycles. The lowest BCUT2D eigenvalue weighted by Crippen LogP contribution is -2.46. The summed E-state index contributed by atoms with van der Waals surface area (Å²) in [6.45, 7) is 0. The lowest BCUT2D eigenvalue weighted by molar-refractivity contribution is -0.119. The standard InChI is InChI=1S/C17H15N5O2/c1-21-14-9-11(6-7-12(14)19-20-21)17(24)22-13-5-3-2-4-10(13)8-15(22)16(18)23/h2-7,9,15H,8H2,1H3,(H2,18,23)/t15-/m0/s1. The Morgan fingerprint density at radius 3 is 2.79 bits per heavy atom. The molecule has 0 unspecified atom stereocenters. The van der Waals surface area contributed by atoms with E-state index in [1.165, 1.54) is 4.90 Å². The molecule has 0 saturated carbocycles. The third-order valence-electron chi connectivity index (χ3n) is 4.38. The van der Waals surface area contributed by atoms with Crippen LogP contribution in [0.3, 0.4) is 0 Å². The third kappa shape index (κ3) is 2.05. The van der Waals surface area contributed by atoms with E-state index in [-0.39, 0.29) is 5.91 Å². The fraction of sp³-hybridized carbons (Fsp3) is 0.176. The van der Waals surface area contributed by atoms with Gasteiger partial charge in [-0.05, 0) is 29.8 Å². The summed E-state index contributed by atoms with van der Waals surface area (Å²) in [5.41, 5.74) is 9.13. The number of hydrogen-bond acceptors (Lipinski definition) is 4. The normalized spacial score (nSPS) is 16.4. The minimum atomic E-state index is -0.671. The van der Waals surface area contributed by atoms with Crippen molar-refractivity contribution < 1.29 is 9.59 Å². The predicted octanol–water partition coefficient (Wildman–Crippen LogP) is 1.03. The molecule has 4 rings (SSSR count). The van der Waals surface area contributed by atoms with Gasteiger partial charge in [-0.15, -0.1) is 5.10 Å². The summed E-state index contributed by atoms with van der Waals surface area (Å²) in [7, 11) is 1.76. The molecule has 2 amide bonds. The van der Waals surface area contributed by atoms with Gasteiger partial charge in [-0.2, -0.15) is 0 Å². The highest BCUT2D eigenvalue weighted by Gasteiger charge is 2.37. The van der Waals surface area contributed by atoms with E-state index < -0.39 is 11.9 Å². The number of rotatable bonds is 2. The van der Waals surface area contributed by atoms with E-state index in [4.69, 9.17) is 5.73 Å². The molecule has 7 heteroatoms. The lowest BCUT2D eigenvalue weighted by atomic mass is 10.1. The Kier molecular flexibility index (Phi) is 3.09. The number of aryl methyl sites for hydroxylation is 1. The van der Waals surface area contributed by atoms with Gasteiger partial charge in [-0.25, -0.2) is 4.68 Å². The average molecular weight is 321 g/mol. The zero-order chi connectivity index (χ0) is 16.8. The van der Waals surface area contributed by atoms with E-state index in [0.717, 1.165) is 16.8 Å². The molecule has 3 aromatic rings. The number of para-hydroxylation sites is 1. The quantitative estimate of drug-likeness (QED) is 0.762. The fourth-order valence-corrected chi connectivity index (χ4v) is 3.17. The van der Waals surface area contributed by atoms with E-state index in [0.29, 0.717) is 17.5 Å². The molecule has 120 valence electrons. The molecule has 0 spiro atoms. The Morgan fingerprint density at radius 1 is 1.21 bits per heavy atom. The Bertz CT molecular complexity index is 978. The number of nitrogens with two attached hydrogens (primary N) is 1. The molecular formula is C17H15N5O2. The van der Waals surface area contributed by atoms with Gasteiger partial charge in [0.25, 0.3) is 5.91 Å². The number of benzene rings is 2. The number of amides is 2. The van der Waals surface area contributed by atoms with Crippen LogP contribution in [0.25, 0.3) is 11.0 Å². The zero-order valence-corrected chi connectivity index (χ0v) is 13.0. The van der Waals surface area contributed by atoms with E-state index >= 15 is 0 Å². The first kappa shape index (κ1) is 14.4. The molecule has 7 nitrogen and oxygen atoms in total. The molecule has 1 aromatic heterocycles. The van der Waals surface area contributed by atoms with Crippen LogP contribution >= 0.6 is 0 Å². The van der Waals surface area contributed by atoms with Crippen molar-refractivity contribution in [2.45, 2.75) is 12.5 Å². The fourth-order valence-electron chi connectivity index (χ4n) is 3.17. The van der Waals surface area contributed by atoms with Crippen LogP contribution in [-0.4, -0.2) is 32.9 Å². The van der Waals surface area contributed by atoms with E-state index in [1.54, 1.807) is 29.9 Å². The van der Waals surface area contributed by atoms with Crippen LogP contribution in [0.2, 0.25) is 0 Å². The van der Waals surface area contributed by atoms with Crippen molar-refractivity contribution in [1.82, 2.24) is 15.0 Å². The van der Waals surface area contributed by atoms with Crippen LogP contribution in [0.15, 0.2) is 42.5 Å². The van der Waals surface area contributed by atoms with Gasteiger partial charge in [-0.3, -0.25) is 14.5 Å². The molecular weight excluding hydrogens is 306 g/mol. The number of carbonyl (C=O) groups excluding carboxylic acids is 2. The van der Waals surface area contributed by atoms with Crippen LogP contribution in [0.5, 0.6) is 0 Å². The second kappa shape index (κ2) is 5.16. The van der Waals surface area contributed by atoms with Crippen LogP contribution < -0.4 is 10.6 Å². The maximum atomic E-state index is 13.1. The summed E-state index contributed by atoms with van der Waals surface area (Å²) in [6.07, 6.45) is 0.437. The molecule has 24 heavy (non-hydrogen) atoms. The number of nitrogens with zero attached hydrogens (tertiary/aromatic N) is 4. The summed E-state index contributed by atoms with van der Waals surface area (Å²) < 4.78 is 1.61. The van der Waals surface area contributed by atoms with E-state index in [9.17, 15) is 9.59 Å². The predicted molar refractivity (Wildman–Crippen MR) is 88.4 cm³/mol. The van der Waals surface area contributed by atoms with E-state index in [2.05, 4.69) is 10.3 Å². The molecule has 0 saturated heterocycles. The molecule has 1 atom stereocenters. The second-order valence-corrected chi connectivity index (χ2v) is 5.84. The summed E-state index contributed by atoms with van der Waals surface area (Å²) in [5.74, 6) is -0.769. The highest BCUT2D eigenvalue weighted by atomic mass is 16.2. The maximum Gasteiger partial charge on any atom is 0.259 e. The number of hydrogen-bond donors (Lipinski definition) is 1. The number of primary amides is 1. The summed E-state index contributed by atoms with van der Waals surface area (Å²) in [4.78, 5) is 26.4. The second-order valence-electron chi connectivity index (χ2n) is 5.84. The SMILES string of the molecule is Cn1nnc2ccc(C(=O)N3c4ccccc4C[C@H]3C(N)=O)cc21. The largest absolute Gasteiger partial charge is 0.368 e. The molecule has 0 radical (unpaired) electrons. The Hall–Kier alpha value is -3.22. The first-order valence-electron chi connectivity index (χ1n) is 7.56. The van der Waals surface area contributed by atoms with Gasteiger partial charge >= 0.3 is 0 Å². The van der Waals surface area contributed by atoms with Crippen molar-refractivity contribution in [3.05, 3.63) is 53.6 Å². The molecule has 0 bridgehead atoms. The molecule has 2 heterocycles. The molecule has 1 aliphatic heterocycles. The molecule has 2 N–H and O–H groups in total. The summed E-state index contributed by atoms with van der Waals surface area (Å²) in [6, 6.07) is 12.0. The molecule has 2 aromatic carbocycles. The maximum absolute atomic E-state index is 13.1. The molecule has 1 aliphatic rings. The third-order valence-corrected chi connectivity index (χ3v) is 4.38. The summed E-state index contributed by atoms with van der Waals surface area (Å²) in [5, 5.41) is 7.95. The van der Waals surface area contributed by atoms with Gasteiger partial charge in [0, 0.05) is 24.7 Å². The minimum Gasteiger partial charge on any atom is -0.368 e. The van der Waals surface area contributed by atoms with Gasteiger partial charge in [0.15, 0.2) is 0 Å². The summed E-state index contributed by atoms with van der Waals surface area (Å²) >= 11 is 0. The van der Waals surface area contributed by atoms with Crippen LogP contribution in [-0.2, 0) is 18.3 Å². The highest BCUT2D eigenvalue weighted by molar-refractivity contribution is 6.12. The smallest absolute Gasteiger partial charge is 0.259 e. The van der Waals surface area contributed by atoms with Crippen LogP contribution in [0.4, 0.5) is 5.69 Å². The number of fused-ring (bicyclic) bond motifs is 2. The van der Waals surface area contributed by atoms with Crippen molar-refractivity contribution in [3.8, 4) is 0 Å². The van der Waals surface area contributed by atoms with Crippen molar-refractivity contribution in [2.75, 3.05) is 4.90 Å². The van der Waals surface area contributed by atoms with Gasteiger partial charge in [0.2, 0.25) is 5.91 Å². The highest BCUT2D eigenvalue weighted by Crippen LogP contribution is 2.33. The Labute approximate surface area is 137 Å². The van der Waals surface area contributed by atoms with Gasteiger partial charge < -0.3 is 5.73 Å². The van der Waals surface area contributed by atoms with Crippen molar-refractivity contribution in [1.29, 1.82) is 0 Å². The monoisotopic (exact) mass is 321 g/mol. The van der Waals surface area contributed by atoms with Crippen LogP contribution in [0, 0.1) is 0 Å². The van der Waals surface area contributed by atoms with Crippen molar-refractivity contribution in [3.63, 3.8) is 0 Å². The number of aromatic nitrogens is 3. The molecule has 0 fully saturated rings. The number of anilines is 1. The average Bonchev–Trinajstić information content (AvgIpc) is 3.15. The van der Waals surface area contributed by atoms with Gasteiger partial charge in [-0.1, -0.05) is 23.4 Å². The van der Waals surface area contributed by atoms with Crippen molar-refractivity contribution >= 4 is 28.5 Å². The van der Waals surface area contributed by atoms with Crippen molar-refractivity contribution in [2.24, 2.45) is 12.8 Å². The Balaban J connectivity index is 1.81. The van der Waals surface area contributed by atoms with Crippen LogP contribution in [0.1, 0.15) is 15.9 Å². The minimum absolute atomic E-state index is 0.258.